The molecule has 3 rings (SSSR count). The Kier molecular flexibility index (Phi) is 5.52. The summed E-state index contributed by atoms with van der Waals surface area (Å²) in [5.41, 5.74) is 2.98. The Balaban J connectivity index is 2.12. The summed E-state index contributed by atoms with van der Waals surface area (Å²) in [6, 6.07) is 18.8. The summed E-state index contributed by atoms with van der Waals surface area (Å²) in [4.78, 5) is 28.1. The minimum atomic E-state index is -1.19. The number of nitrogens with zero attached hydrogens (tertiary/aromatic N) is 1. The molecule has 1 aromatic heterocycles. The van der Waals surface area contributed by atoms with Crippen LogP contribution in [0, 0.1) is 18.3 Å². The van der Waals surface area contributed by atoms with Crippen LogP contribution < -0.4 is 0 Å². The highest BCUT2D eigenvalue weighted by atomic mass is 16.4. The second kappa shape index (κ2) is 8.19. The van der Waals surface area contributed by atoms with Crippen molar-refractivity contribution >= 4 is 17.8 Å². The van der Waals surface area contributed by atoms with Crippen LogP contribution in [0.15, 0.2) is 60.7 Å². The maximum Gasteiger partial charge on any atom is 0.338 e. The minimum absolute atomic E-state index is 0.0667. The molecule has 0 spiro atoms. The lowest BCUT2D eigenvalue weighted by Gasteiger charge is -2.10. The van der Waals surface area contributed by atoms with Crippen molar-refractivity contribution in [1.82, 2.24) is 4.98 Å². The number of carboxylic acid groups (broad SMARTS) is 1. The van der Waals surface area contributed by atoms with E-state index in [1.165, 1.54) is 12.2 Å². The van der Waals surface area contributed by atoms with Crippen LogP contribution in [0.25, 0.3) is 6.08 Å². The quantitative estimate of drug-likeness (QED) is 0.497. The molecule has 0 amide bonds. The number of H-pyrrole nitrogens is 1. The molecule has 0 saturated heterocycles. The average molecular weight is 370 g/mol. The third kappa shape index (κ3) is 3.76. The Labute approximate surface area is 162 Å². The fraction of sp³-hybridized carbons (Fsp3) is 0.0870. The van der Waals surface area contributed by atoms with Gasteiger partial charge in [-0.05, 0) is 30.5 Å². The van der Waals surface area contributed by atoms with E-state index < -0.39 is 5.97 Å². The van der Waals surface area contributed by atoms with Crippen molar-refractivity contribution in [3.05, 3.63) is 99.9 Å². The molecule has 0 atom stereocenters. The maximum absolute atomic E-state index is 13.4. The van der Waals surface area contributed by atoms with Gasteiger partial charge in [0.15, 0.2) is 5.78 Å². The van der Waals surface area contributed by atoms with Crippen LogP contribution in [-0.4, -0.2) is 21.8 Å². The molecule has 0 aliphatic rings. The smallest absolute Gasteiger partial charge is 0.338 e. The summed E-state index contributed by atoms with van der Waals surface area (Å²) in [6.45, 7) is 1.60. The Hall–Kier alpha value is -3.91. The van der Waals surface area contributed by atoms with E-state index in [1.807, 2.05) is 48.5 Å². The SMILES string of the molecule is Cc1[nH]c(C=CC#N)c(C(=O)c2ccccc2Cc2ccccc2)c1C(=O)O. The summed E-state index contributed by atoms with van der Waals surface area (Å²) >= 11 is 0. The van der Waals surface area contributed by atoms with E-state index in [2.05, 4.69) is 4.98 Å². The van der Waals surface area contributed by atoms with Crippen molar-refractivity contribution in [2.45, 2.75) is 13.3 Å². The highest BCUT2D eigenvalue weighted by Crippen LogP contribution is 2.26. The highest BCUT2D eigenvalue weighted by molar-refractivity contribution is 6.17. The molecule has 1 heterocycles. The number of aromatic amines is 1. The molecular weight excluding hydrogens is 352 g/mol. The Morgan fingerprint density at radius 1 is 1.07 bits per heavy atom. The summed E-state index contributed by atoms with van der Waals surface area (Å²) in [5.74, 6) is -1.57. The van der Waals surface area contributed by atoms with Crippen LogP contribution in [0.3, 0.4) is 0 Å². The van der Waals surface area contributed by atoms with E-state index in [0.29, 0.717) is 23.4 Å². The first kappa shape index (κ1) is 18.9. The van der Waals surface area contributed by atoms with Gasteiger partial charge in [-0.15, -0.1) is 0 Å². The number of allylic oxidation sites excluding steroid dienone is 1. The number of nitrogens with one attached hydrogen (secondary N) is 1. The van der Waals surface area contributed by atoms with Gasteiger partial charge in [0.1, 0.15) is 0 Å². The van der Waals surface area contributed by atoms with Gasteiger partial charge in [0.05, 0.1) is 22.9 Å². The lowest BCUT2D eigenvalue weighted by atomic mass is 9.92. The van der Waals surface area contributed by atoms with Gasteiger partial charge in [0, 0.05) is 17.3 Å². The summed E-state index contributed by atoms with van der Waals surface area (Å²) in [5, 5.41) is 18.4. The number of hydrogen-bond acceptors (Lipinski definition) is 3. The lowest BCUT2D eigenvalue weighted by Crippen LogP contribution is -2.11. The molecule has 0 aliphatic heterocycles. The molecule has 2 N–H and O–H groups in total. The normalized spacial score (nSPS) is 10.7. The minimum Gasteiger partial charge on any atom is -0.478 e. The van der Waals surface area contributed by atoms with Gasteiger partial charge in [-0.1, -0.05) is 54.6 Å². The lowest BCUT2D eigenvalue weighted by molar-refractivity contribution is 0.0692. The molecule has 2 aromatic carbocycles. The van der Waals surface area contributed by atoms with E-state index in [-0.39, 0.29) is 16.9 Å². The fourth-order valence-electron chi connectivity index (χ4n) is 3.24. The number of ketones is 1. The van der Waals surface area contributed by atoms with Crippen LogP contribution in [0.4, 0.5) is 0 Å². The number of carboxylic acids is 1. The molecule has 138 valence electrons. The summed E-state index contributed by atoms with van der Waals surface area (Å²) in [7, 11) is 0. The van der Waals surface area contributed by atoms with Crippen LogP contribution in [0.5, 0.6) is 0 Å². The third-order valence-corrected chi connectivity index (χ3v) is 4.48. The second-order valence-electron chi connectivity index (χ2n) is 6.33. The standard InChI is InChI=1S/C23H18N2O3/c1-15-20(23(27)28)21(19(25-15)12-7-13-24)22(26)18-11-6-5-10-17(18)14-16-8-3-2-4-9-16/h2-12,25H,14H2,1H3,(H,27,28). The van der Waals surface area contributed by atoms with Gasteiger partial charge in [0.25, 0.3) is 0 Å². The van der Waals surface area contributed by atoms with Crippen molar-refractivity contribution in [2.24, 2.45) is 0 Å². The van der Waals surface area contributed by atoms with Crippen molar-refractivity contribution in [1.29, 1.82) is 5.26 Å². The maximum atomic E-state index is 13.4. The number of nitriles is 1. The molecular formula is C23H18N2O3. The second-order valence-corrected chi connectivity index (χ2v) is 6.33. The number of carbonyl (C=O) groups excluding carboxylic acids is 1. The monoisotopic (exact) mass is 370 g/mol. The Morgan fingerprint density at radius 3 is 2.43 bits per heavy atom. The molecule has 0 radical (unpaired) electrons. The topological polar surface area (TPSA) is 94.0 Å². The number of rotatable bonds is 6. The first-order valence-electron chi connectivity index (χ1n) is 8.71. The Morgan fingerprint density at radius 2 is 1.75 bits per heavy atom. The van der Waals surface area contributed by atoms with Crippen LogP contribution in [0.2, 0.25) is 0 Å². The fourth-order valence-corrected chi connectivity index (χ4v) is 3.24. The zero-order chi connectivity index (χ0) is 20.1. The van der Waals surface area contributed by atoms with Gasteiger partial charge < -0.3 is 10.1 Å². The number of hydrogen-bond donors (Lipinski definition) is 2. The summed E-state index contributed by atoms with van der Waals surface area (Å²) < 4.78 is 0. The van der Waals surface area contributed by atoms with Crippen molar-refractivity contribution in [3.8, 4) is 6.07 Å². The van der Waals surface area contributed by atoms with Crippen molar-refractivity contribution in [3.63, 3.8) is 0 Å². The highest BCUT2D eigenvalue weighted by Gasteiger charge is 2.27. The number of carbonyl (C=O) groups is 2. The van der Waals surface area contributed by atoms with Crippen LogP contribution in [-0.2, 0) is 6.42 Å². The van der Waals surface area contributed by atoms with E-state index >= 15 is 0 Å². The average Bonchev–Trinajstić information content (AvgIpc) is 3.03. The van der Waals surface area contributed by atoms with Crippen LogP contribution >= 0.6 is 0 Å². The third-order valence-electron chi connectivity index (χ3n) is 4.48. The van der Waals surface area contributed by atoms with Gasteiger partial charge in [-0.3, -0.25) is 4.79 Å². The van der Waals surface area contributed by atoms with Gasteiger partial charge >= 0.3 is 5.97 Å². The first-order chi connectivity index (χ1) is 13.5. The number of benzene rings is 2. The molecule has 3 aromatic rings. The van der Waals surface area contributed by atoms with E-state index in [0.717, 1.165) is 11.1 Å². The van der Waals surface area contributed by atoms with E-state index in [1.54, 1.807) is 19.1 Å². The Bertz CT molecular complexity index is 1100. The zero-order valence-corrected chi connectivity index (χ0v) is 15.3. The number of aromatic carboxylic acids is 1. The molecule has 0 aliphatic carbocycles. The first-order valence-corrected chi connectivity index (χ1v) is 8.71. The van der Waals surface area contributed by atoms with Gasteiger partial charge in [-0.2, -0.15) is 5.26 Å². The largest absolute Gasteiger partial charge is 0.478 e. The van der Waals surface area contributed by atoms with E-state index in [9.17, 15) is 14.7 Å². The van der Waals surface area contributed by atoms with Gasteiger partial charge in [-0.25, -0.2) is 4.79 Å². The summed E-state index contributed by atoms with van der Waals surface area (Å²) in [6.07, 6.45) is 3.19. The molecule has 0 fully saturated rings. The molecule has 0 unspecified atom stereocenters. The molecule has 5 nitrogen and oxygen atoms in total. The molecule has 0 saturated carbocycles. The molecule has 28 heavy (non-hydrogen) atoms. The number of aryl methyl sites for hydroxylation is 1. The van der Waals surface area contributed by atoms with Gasteiger partial charge in [0.2, 0.25) is 0 Å². The molecule has 0 bridgehead atoms. The zero-order valence-electron chi connectivity index (χ0n) is 15.3. The predicted octanol–water partition coefficient (Wildman–Crippen LogP) is 4.38. The van der Waals surface area contributed by atoms with Crippen LogP contribution in [0.1, 0.15) is 48.8 Å². The van der Waals surface area contributed by atoms with E-state index in [4.69, 9.17) is 5.26 Å². The van der Waals surface area contributed by atoms with Crippen molar-refractivity contribution < 1.29 is 14.7 Å². The molecule has 5 heteroatoms. The van der Waals surface area contributed by atoms with Crippen molar-refractivity contribution in [2.75, 3.05) is 0 Å². The number of aromatic nitrogens is 1. The predicted molar refractivity (Wildman–Crippen MR) is 106 cm³/mol.